The van der Waals surface area contributed by atoms with Crippen molar-refractivity contribution in [1.29, 1.82) is 0 Å². The first-order chi connectivity index (χ1) is 33.3. The van der Waals surface area contributed by atoms with E-state index in [0.29, 0.717) is 70.5 Å². The second-order valence-corrected chi connectivity index (χ2v) is 21.2. The van der Waals surface area contributed by atoms with Gasteiger partial charge in [-0.25, -0.2) is 13.6 Å². The Morgan fingerprint density at radius 2 is 1.44 bits per heavy atom. The topological polar surface area (TPSA) is 158 Å². The van der Waals surface area contributed by atoms with Gasteiger partial charge in [0, 0.05) is 62.4 Å². The Labute approximate surface area is 408 Å². The van der Waals surface area contributed by atoms with Crippen LogP contribution in [-0.2, 0) is 35.0 Å². The summed E-state index contributed by atoms with van der Waals surface area (Å²) in [5, 5.41) is 12.4. The van der Waals surface area contributed by atoms with E-state index in [1.54, 1.807) is 11.0 Å². The van der Waals surface area contributed by atoms with Crippen molar-refractivity contribution in [3.8, 4) is 5.75 Å². The van der Waals surface area contributed by atoms with Crippen LogP contribution in [0.3, 0.4) is 0 Å². The number of esters is 1. The van der Waals surface area contributed by atoms with Gasteiger partial charge in [-0.1, -0.05) is 38.3 Å². The van der Waals surface area contributed by atoms with Gasteiger partial charge in [0.2, 0.25) is 23.4 Å². The Morgan fingerprint density at radius 3 is 2.07 bits per heavy atom. The first kappa shape index (κ1) is 52.8. The van der Waals surface area contributed by atoms with Crippen LogP contribution in [0.25, 0.3) is 0 Å². The molecule has 2 aromatic rings. The minimum Gasteiger partial charge on any atom is -0.503 e. The van der Waals surface area contributed by atoms with E-state index in [-0.39, 0.29) is 67.5 Å². The van der Waals surface area contributed by atoms with E-state index in [9.17, 15) is 46.6 Å². The largest absolute Gasteiger partial charge is 0.503 e. The zero-order chi connectivity index (χ0) is 50.3. The predicted molar refractivity (Wildman–Crippen MR) is 251 cm³/mol. The summed E-state index contributed by atoms with van der Waals surface area (Å²) in [6.07, 6.45) is 9.86. The lowest BCUT2D eigenvalue weighted by atomic mass is 9.83. The molecule has 3 heterocycles. The lowest BCUT2D eigenvalue weighted by molar-refractivity contribution is -0.147. The van der Waals surface area contributed by atoms with E-state index in [0.717, 1.165) is 63.4 Å². The molecule has 3 saturated heterocycles. The van der Waals surface area contributed by atoms with Crippen molar-refractivity contribution in [3.63, 3.8) is 0 Å². The molecule has 386 valence electrons. The van der Waals surface area contributed by atoms with Crippen molar-refractivity contribution in [2.45, 2.75) is 153 Å². The summed E-state index contributed by atoms with van der Waals surface area (Å²) in [4.78, 5) is 74.8. The molecule has 2 aliphatic carbocycles. The number of phenolic OH excluding ortho intramolecular Hbond substituents is 1. The van der Waals surface area contributed by atoms with Crippen molar-refractivity contribution >= 4 is 29.8 Å². The quantitative estimate of drug-likeness (QED) is 0.0974. The number of aromatic hydroxyl groups is 1. The highest BCUT2D eigenvalue weighted by molar-refractivity contribution is 5.98. The molecule has 70 heavy (non-hydrogen) atoms. The van der Waals surface area contributed by atoms with Crippen LogP contribution in [0.1, 0.15) is 139 Å². The van der Waals surface area contributed by atoms with Crippen molar-refractivity contribution in [2.75, 3.05) is 59.0 Å². The fourth-order valence-electron chi connectivity index (χ4n) is 10.4. The van der Waals surface area contributed by atoms with Crippen LogP contribution in [0.2, 0.25) is 0 Å². The van der Waals surface area contributed by atoms with Gasteiger partial charge >= 0.3 is 12.1 Å². The third-order valence-corrected chi connectivity index (χ3v) is 14.4. The molecule has 3 aliphatic heterocycles. The number of halogens is 4. The molecule has 5 aliphatic rings. The van der Waals surface area contributed by atoms with E-state index >= 15 is 0 Å². The number of ether oxygens (including phenoxy) is 3. The Morgan fingerprint density at radius 1 is 0.800 bits per heavy atom. The summed E-state index contributed by atoms with van der Waals surface area (Å²) in [7, 11) is 0. The van der Waals surface area contributed by atoms with Crippen LogP contribution in [0.4, 0.5) is 22.4 Å². The standard InChI is InChI=1S/C52H71F4N5O9/c1-32(26-40-43(53)45(55)48(64)46(56)44(40)54)31-68-42(63)30-58-22-17-38(18-23-58)69-39-19-24-59(25-20-39)50(66)47(33-10-6-5-7-11-33)57-49(65)35-13-8-12-34(27-35)36-14-9-21-60(28-36)41(62)29-61(37-15-16-37)51(67)70-52(2,3)4/h8,12-13,27,32-33,36-39,47,64H,5-7,9-11,14-26,28-31H2,1-4H3,(H,57,65)/t32-,36?,47-/m1/s1. The number of benzene rings is 2. The fourth-order valence-corrected chi connectivity index (χ4v) is 10.4. The van der Waals surface area contributed by atoms with Crippen molar-refractivity contribution in [3.05, 3.63) is 64.2 Å². The van der Waals surface area contributed by atoms with Crippen LogP contribution >= 0.6 is 0 Å². The molecule has 18 heteroatoms. The number of likely N-dealkylation sites (tertiary alicyclic amines) is 3. The minimum atomic E-state index is -1.87. The minimum absolute atomic E-state index is 0.00403. The summed E-state index contributed by atoms with van der Waals surface area (Å²) >= 11 is 0. The Bertz CT molecular complexity index is 2160. The third-order valence-electron chi connectivity index (χ3n) is 14.4. The summed E-state index contributed by atoms with van der Waals surface area (Å²) in [5.74, 6) is -10.5. The monoisotopic (exact) mass is 986 g/mol. The lowest BCUT2D eigenvalue weighted by Crippen LogP contribution is -2.55. The summed E-state index contributed by atoms with van der Waals surface area (Å²) in [5.41, 5.74) is -0.0984. The van der Waals surface area contributed by atoms with Gasteiger partial charge in [-0.2, -0.15) is 8.78 Å². The van der Waals surface area contributed by atoms with E-state index in [1.165, 1.54) is 6.92 Å². The van der Waals surface area contributed by atoms with E-state index in [4.69, 9.17) is 14.2 Å². The highest BCUT2D eigenvalue weighted by Crippen LogP contribution is 2.34. The molecule has 0 radical (unpaired) electrons. The smallest absolute Gasteiger partial charge is 0.411 e. The van der Waals surface area contributed by atoms with Crippen molar-refractivity contribution in [1.82, 2.24) is 24.9 Å². The highest BCUT2D eigenvalue weighted by Gasteiger charge is 2.39. The van der Waals surface area contributed by atoms with Gasteiger partial charge in [-0.05, 0) is 121 Å². The van der Waals surface area contributed by atoms with Gasteiger partial charge in [0.1, 0.15) is 18.2 Å². The number of nitrogens with one attached hydrogen (secondary N) is 1. The summed E-state index contributed by atoms with van der Waals surface area (Å²) < 4.78 is 73.4. The fraction of sp³-hybridized carbons (Fsp3) is 0.673. The average Bonchev–Trinajstić information content (AvgIpc) is 4.20. The third kappa shape index (κ3) is 13.9. The van der Waals surface area contributed by atoms with E-state index in [1.807, 2.05) is 53.7 Å². The number of hydrogen-bond acceptors (Lipinski definition) is 10. The van der Waals surface area contributed by atoms with E-state index < -0.39 is 70.6 Å². The molecule has 2 N–H and O–H groups in total. The van der Waals surface area contributed by atoms with Crippen LogP contribution in [0, 0.1) is 35.1 Å². The molecular weight excluding hydrogens is 915 g/mol. The second-order valence-electron chi connectivity index (χ2n) is 21.2. The number of hydrogen-bond donors (Lipinski definition) is 2. The number of piperidine rings is 3. The summed E-state index contributed by atoms with van der Waals surface area (Å²) in [6.45, 7) is 9.96. The van der Waals surface area contributed by atoms with Gasteiger partial charge in [0.15, 0.2) is 17.4 Å². The van der Waals surface area contributed by atoms with Gasteiger partial charge in [0.05, 0.1) is 25.4 Å². The van der Waals surface area contributed by atoms with Crippen LogP contribution in [0.15, 0.2) is 24.3 Å². The molecule has 7 rings (SSSR count). The van der Waals surface area contributed by atoms with Crippen LogP contribution in [-0.4, -0.2) is 143 Å². The van der Waals surface area contributed by atoms with Crippen LogP contribution < -0.4 is 5.32 Å². The Kier molecular flexibility index (Phi) is 17.7. The average molecular weight is 986 g/mol. The van der Waals surface area contributed by atoms with Gasteiger partial charge < -0.3 is 34.4 Å². The number of phenols is 1. The summed E-state index contributed by atoms with van der Waals surface area (Å²) in [6, 6.07) is 6.87. The van der Waals surface area contributed by atoms with Crippen molar-refractivity contribution in [2.24, 2.45) is 11.8 Å². The van der Waals surface area contributed by atoms with Gasteiger partial charge in [-0.15, -0.1) is 0 Å². The zero-order valence-corrected chi connectivity index (χ0v) is 41.1. The normalized spacial score (nSPS) is 20.9. The second kappa shape index (κ2) is 23.5. The van der Waals surface area contributed by atoms with E-state index in [2.05, 4.69) is 5.32 Å². The number of carbonyl (C=O) groups is 5. The zero-order valence-electron chi connectivity index (χ0n) is 41.1. The van der Waals surface area contributed by atoms with Crippen LogP contribution in [0.5, 0.6) is 5.75 Å². The molecule has 4 amide bonds. The molecule has 1 unspecified atom stereocenters. The molecule has 14 nitrogen and oxygen atoms in total. The molecule has 0 bridgehead atoms. The Balaban J connectivity index is 0.856. The molecular formula is C52H71F4N5O9. The molecule has 2 aromatic carbocycles. The Hall–Kier alpha value is -4.97. The number of amides is 4. The first-order valence-corrected chi connectivity index (χ1v) is 25.4. The maximum atomic E-state index is 14.4. The number of carbonyl (C=O) groups excluding carboxylic acids is 5. The SMILES string of the molecule is C[C@@H](COC(=O)CN1CCC(OC2CCN(C(=O)[C@H](NC(=O)c3cccc(C4CCCN(C(=O)CN(C(=O)OC(C)(C)C)C5CC5)C4)c3)C3CCCCC3)CC2)CC1)Cc1c(F)c(F)c(O)c(F)c1F. The maximum Gasteiger partial charge on any atom is 0.411 e. The predicted octanol–water partition coefficient (Wildman–Crippen LogP) is 7.63. The maximum absolute atomic E-state index is 14.4. The molecule has 3 atom stereocenters. The number of nitrogens with zero attached hydrogens (tertiary/aromatic N) is 4. The molecule has 2 saturated carbocycles. The van der Waals surface area contributed by atoms with Gasteiger partial charge in [-0.3, -0.25) is 29.0 Å². The molecule has 0 spiro atoms. The molecule has 0 aromatic heterocycles. The highest BCUT2D eigenvalue weighted by atomic mass is 19.2. The van der Waals surface area contributed by atoms with Crippen molar-refractivity contribution < 1.29 is 60.9 Å². The number of rotatable bonds is 16. The lowest BCUT2D eigenvalue weighted by Gasteiger charge is -2.39. The first-order valence-electron chi connectivity index (χ1n) is 25.4. The molecule has 5 fully saturated rings. The van der Waals surface area contributed by atoms with Gasteiger partial charge in [0.25, 0.3) is 5.91 Å².